The molecular formula is C16H16BrNOS. The second-order valence-electron chi connectivity index (χ2n) is 4.65. The van der Waals surface area contributed by atoms with Gasteiger partial charge in [0.1, 0.15) is 0 Å². The fraction of sp³-hybridized carbons (Fsp3) is 0.188. The Labute approximate surface area is 131 Å². The summed E-state index contributed by atoms with van der Waals surface area (Å²) in [6, 6.07) is 12.1. The maximum absolute atomic E-state index is 12.0. The molecule has 2 rings (SSSR count). The highest BCUT2D eigenvalue weighted by molar-refractivity contribution is 9.11. The third kappa shape index (κ3) is 4.32. The van der Waals surface area contributed by atoms with Gasteiger partial charge in [-0.2, -0.15) is 0 Å². The molecule has 0 radical (unpaired) electrons. The normalized spacial score (nSPS) is 10.9. The van der Waals surface area contributed by atoms with E-state index in [1.807, 2.05) is 50.4 Å². The minimum Gasteiger partial charge on any atom is -0.337 e. The molecule has 104 valence electrons. The Morgan fingerprint density at radius 3 is 2.80 bits per heavy atom. The van der Waals surface area contributed by atoms with Crippen molar-refractivity contribution in [1.29, 1.82) is 0 Å². The number of rotatable bonds is 4. The molecule has 0 saturated heterocycles. The Hall–Kier alpha value is -1.39. The van der Waals surface area contributed by atoms with Gasteiger partial charge < -0.3 is 4.90 Å². The molecular weight excluding hydrogens is 334 g/mol. The van der Waals surface area contributed by atoms with Gasteiger partial charge in [0.05, 0.1) is 10.3 Å². The molecule has 0 unspecified atom stereocenters. The first-order chi connectivity index (χ1) is 9.54. The van der Waals surface area contributed by atoms with E-state index in [4.69, 9.17) is 0 Å². The van der Waals surface area contributed by atoms with Crippen LogP contribution in [0.25, 0.3) is 6.08 Å². The Kier molecular flexibility index (Phi) is 5.15. The van der Waals surface area contributed by atoms with E-state index in [-0.39, 0.29) is 5.91 Å². The zero-order chi connectivity index (χ0) is 14.5. The molecule has 0 aliphatic carbocycles. The van der Waals surface area contributed by atoms with E-state index >= 15 is 0 Å². The minimum atomic E-state index is 0.0102. The third-order valence-electron chi connectivity index (χ3n) is 2.86. The first-order valence-corrected chi connectivity index (χ1v) is 7.89. The number of benzene rings is 1. The van der Waals surface area contributed by atoms with Crippen LogP contribution in [0.4, 0.5) is 0 Å². The highest BCUT2D eigenvalue weighted by Gasteiger charge is 2.07. The Morgan fingerprint density at radius 2 is 2.15 bits per heavy atom. The first kappa shape index (κ1) is 15.0. The van der Waals surface area contributed by atoms with Gasteiger partial charge in [0.2, 0.25) is 5.91 Å². The van der Waals surface area contributed by atoms with Crippen molar-refractivity contribution in [3.8, 4) is 0 Å². The van der Waals surface area contributed by atoms with Crippen LogP contribution < -0.4 is 0 Å². The van der Waals surface area contributed by atoms with E-state index in [0.29, 0.717) is 6.54 Å². The highest BCUT2D eigenvalue weighted by atomic mass is 79.9. The van der Waals surface area contributed by atoms with E-state index in [2.05, 4.69) is 22.0 Å². The number of thiophene rings is 1. The first-order valence-electron chi connectivity index (χ1n) is 6.28. The Morgan fingerprint density at radius 1 is 1.35 bits per heavy atom. The highest BCUT2D eigenvalue weighted by Crippen LogP contribution is 2.23. The standard InChI is InChI=1S/C16H16BrNOS/c1-12-4-3-5-13(10-12)6-9-16(19)18(2)11-14-7-8-15(17)20-14/h3-10H,11H2,1-2H3/b9-6+. The molecule has 2 aromatic rings. The Bertz CT molecular complexity index is 633. The average Bonchev–Trinajstić information content (AvgIpc) is 2.81. The van der Waals surface area contributed by atoms with Gasteiger partial charge in [-0.3, -0.25) is 4.79 Å². The van der Waals surface area contributed by atoms with Gasteiger partial charge in [-0.05, 0) is 46.6 Å². The van der Waals surface area contributed by atoms with Gasteiger partial charge in [0.25, 0.3) is 0 Å². The second-order valence-corrected chi connectivity index (χ2v) is 7.20. The largest absolute Gasteiger partial charge is 0.337 e. The topological polar surface area (TPSA) is 20.3 Å². The van der Waals surface area contributed by atoms with Crippen molar-refractivity contribution in [2.75, 3.05) is 7.05 Å². The van der Waals surface area contributed by atoms with Crippen molar-refractivity contribution in [3.63, 3.8) is 0 Å². The SMILES string of the molecule is Cc1cccc(/C=C/C(=O)N(C)Cc2ccc(Br)s2)c1. The minimum absolute atomic E-state index is 0.0102. The summed E-state index contributed by atoms with van der Waals surface area (Å²) in [4.78, 5) is 14.9. The average molecular weight is 350 g/mol. The van der Waals surface area contributed by atoms with Crippen molar-refractivity contribution < 1.29 is 4.79 Å². The lowest BCUT2D eigenvalue weighted by Gasteiger charge is -2.13. The summed E-state index contributed by atoms with van der Waals surface area (Å²) < 4.78 is 1.09. The van der Waals surface area contributed by atoms with Gasteiger partial charge in [-0.25, -0.2) is 0 Å². The van der Waals surface area contributed by atoms with E-state index < -0.39 is 0 Å². The fourth-order valence-corrected chi connectivity index (χ4v) is 3.35. The van der Waals surface area contributed by atoms with Crippen LogP contribution in [-0.4, -0.2) is 17.9 Å². The van der Waals surface area contributed by atoms with Crippen molar-refractivity contribution in [2.45, 2.75) is 13.5 Å². The molecule has 0 spiro atoms. The number of hydrogen-bond acceptors (Lipinski definition) is 2. The van der Waals surface area contributed by atoms with Crippen LogP contribution in [0.2, 0.25) is 0 Å². The fourth-order valence-electron chi connectivity index (χ4n) is 1.82. The lowest BCUT2D eigenvalue weighted by molar-refractivity contribution is -0.125. The zero-order valence-corrected chi connectivity index (χ0v) is 13.9. The van der Waals surface area contributed by atoms with E-state index in [0.717, 1.165) is 14.2 Å². The molecule has 2 nitrogen and oxygen atoms in total. The lowest BCUT2D eigenvalue weighted by atomic mass is 10.1. The van der Waals surface area contributed by atoms with Crippen LogP contribution in [0.1, 0.15) is 16.0 Å². The van der Waals surface area contributed by atoms with Crippen molar-refractivity contribution in [3.05, 3.63) is 62.3 Å². The van der Waals surface area contributed by atoms with E-state index in [9.17, 15) is 4.79 Å². The van der Waals surface area contributed by atoms with Crippen LogP contribution in [-0.2, 0) is 11.3 Å². The molecule has 1 aromatic carbocycles. The third-order valence-corrected chi connectivity index (χ3v) is 4.47. The summed E-state index contributed by atoms with van der Waals surface area (Å²) in [5.74, 6) is 0.0102. The molecule has 0 fully saturated rings. The summed E-state index contributed by atoms with van der Waals surface area (Å²) in [5.41, 5.74) is 2.24. The van der Waals surface area contributed by atoms with Crippen LogP contribution in [0.5, 0.6) is 0 Å². The number of carbonyl (C=O) groups is 1. The predicted octanol–water partition coefficient (Wildman–Crippen LogP) is 4.49. The van der Waals surface area contributed by atoms with E-state index in [1.54, 1.807) is 22.3 Å². The molecule has 0 aliphatic heterocycles. The molecule has 0 aliphatic rings. The number of halogens is 1. The summed E-state index contributed by atoms with van der Waals surface area (Å²) in [6.07, 6.45) is 3.48. The number of hydrogen-bond donors (Lipinski definition) is 0. The molecule has 20 heavy (non-hydrogen) atoms. The summed E-state index contributed by atoms with van der Waals surface area (Å²) in [5, 5.41) is 0. The maximum Gasteiger partial charge on any atom is 0.246 e. The number of nitrogens with zero attached hydrogens (tertiary/aromatic N) is 1. The van der Waals surface area contributed by atoms with Gasteiger partial charge >= 0.3 is 0 Å². The molecule has 0 atom stereocenters. The van der Waals surface area contributed by atoms with Gasteiger partial charge in [-0.15, -0.1) is 11.3 Å². The quantitative estimate of drug-likeness (QED) is 0.744. The smallest absolute Gasteiger partial charge is 0.246 e. The molecule has 0 N–H and O–H groups in total. The second kappa shape index (κ2) is 6.86. The summed E-state index contributed by atoms with van der Waals surface area (Å²) >= 11 is 5.08. The Balaban J connectivity index is 1.97. The van der Waals surface area contributed by atoms with Crippen molar-refractivity contribution in [2.24, 2.45) is 0 Å². The number of likely N-dealkylation sites (N-methyl/N-ethyl adjacent to an activating group) is 1. The molecule has 1 aromatic heterocycles. The monoisotopic (exact) mass is 349 g/mol. The molecule has 1 amide bonds. The summed E-state index contributed by atoms with van der Waals surface area (Å²) in [6.45, 7) is 2.67. The van der Waals surface area contributed by atoms with Crippen LogP contribution in [0.15, 0.2) is 46.3 Å². The maximum atomic E-state index is 12.0. The lowest BCUT2D eigenvalue weighted by Crippen LogP contribution is -2.23. The number of amides is 1. The van der Waals surface area contributed by atoms with Gasteiger partial charge in [0.15, 0.2) is 0 Å². The van der Waals surface area contributed by atoms with Crippen LogP contribution in [0, 0.1) is 6.92 Å². The van der Waals surface area contributed by atoms with Gasteiger partial charge in [-0.1, -0.05) is 29.8 Å². The van der Waals surface area contributed by atoms with Crippen molar-refractivity contribution in [1.82, 2.24) is 4.90 Å². The molecule has 1 heterocycles. The van der Waals surface area contributed by atoms with E-state index in [1.165, 1.54) is 5.56 Å². The molecule has 0 saturated carbocycles. The predicted molar refractivity (Wildman–Crippen MR) is 88.7 cm³/mol. The number of carbonyl (C=O) groups excluding carboxylic acids is 1. The van der Waals surface area contributed by atoms with Gasteiger partial charge in [0, 0.05) is 18.0 Å². The zero-order valence-electron chi connectivity index (χ0n) is 11.5. The molecule has 0 bridgehead atoms. The molecule has 4 heteroatoms. The summed E-state index contributed by atoms with van der Waals surface area (Å²) in [7, 11) is 1.82. The van der Waals surface area contributed by atoms with Crippen LogP contribution in [0.3, 0.4) is 0 Å². The van der Waals surface area contributed by atoms with Crippen molar-refractivity contribution >= 4 is 39.2 Å². The van der Waals surface area contributed by atoms with Crippen LogP contribution >= 0.6 is 27.3 Å². The number of aryl methyl sites for hydroxylation is 1.